The third-order valence-electron chi connectivity index (χ3n) is 3.55. The van der Waals surface area contributed by atoms with Crippen LogP contribution in [0.25, 0.3) is 6.08 Å². The quantitative estimate of drug-likeness (QED) is 0.575. The number of nitriles is 1. The minimum Gasteiger partial charge on any atom is -0.493 e. The summed E-state index contributed by atoms with van der Waals surface area (Å²) in [6.45, 7) is 2.28. The summed E-state index contributed by atoms with van der Waals surface area (Å²) in [5.74, 6) is -0.601. The van der Waals surface area contributed by atoms with Gasteiger partial charge in [0.2, 0.25) is 0 Å². The third-order valence-corrected chi connectivity index (χ3v) is 3.55. The molecule has 1 amide bonds. The zero-order valence-corrected chi connectivity index (χ0v) is 14.9. The van der Waals surface area contributed by atoms with Gasteiger partial charge in [0, 0.05) is 5.69 Å². The van der Waals surface area contributed by atoms with Crippen LogP contribution < -0.4 is 14.8 Å². The first-order chi connectivity index (χ1) is 13.0. The normalized spacial score (nSPS) is 10.6. The fraction of sp³-hybridized carbons (Fsp3) is 0.150. The van der Waals surface area contributed by atoms with E-state index < -0.39 is 11.9 Å². The van der Waals surface area contributed by atoms with Gasteiger partial charge in [-0.2, -0.15) is 5.26 Å². The lowest BCUT2D eigenvalue weighted by atomic mass is 10.1. The van der Waals surface area contributed by atoms with Gasteiger partial charge in [0.1, 0.15) is 11.6 Å². The van der Waals surface area contributed by atoms with E-state index in [4.69, 9.17) is 14.6 Å². The first kappa shape index (κ1) is 19.5. The van der Waals surface area contributed by atoms with Crippen molar-refractivity contribution in [3.05, 3.63) is 59.2 Å². The molecular weight excluding hydrogens is 348 g/mol. The van der Waals surface area contributed by atoms with E-state index in [2.05, 4.69) is 5.32 Å². The minimum atomic E-state index is -1.06. The number of carboxylic acids is 1. The molecule has 138 valence electrons. The Balaban J connectivity index is 2.22. The highest BCUT2D eigenvalue weighted by molar-refractivity contribution is 6.09. The molecule has 0 atom stereocenters. The molecule has 2 aromatic carbocycles. The average Bonchev–Trinajstić information content (AvgIpc) is 2.67. The molecule has 0 aromatic heterocycles. The highest BCUT2D eigenvalue weighted by Crippen LogP contribution is 2.29. The zero-order chi connectivity index (χ0) is 19.8. The van der Waals surface area contributed by atoms with Crippen LogP contribution in [0.2, 0.25) is 0 Å². The van der Waals surface area contributed by atoms with E-state index in [9.17, 15) is 14.9 Å². The molecule has 0 unspecified atom stereocenters. The van der Waals surface area contributed by atoms with Gasteiger partial charge in [0.05, 0.1) is 19.3 Å². The predicted molar refractivity (Wildman–Crippen MR) is 99.8 cm³/mol. The summed E-state index contributed by atoms with van der Waals surface area (Å²) >= 11 is 0. The molecule has 0 aliphatic rings. The number of carbonyl (C=O) groups excluding carboxylic acids is 1. The number of benzene rings is 2. The van der Waals surface area contributed by atoms with Gasteiger partial charge in [-0.15, -0.1) is 0 Å². The molecule has 0 spiro atoms. The van der Waals surface area contributed by atoms with E-state index in [1.165, 1.54) is 37.5 Å². The standard InChI is InChI=1S/C20H18N2O5/c1-3-27-18-11-13(4-9-17(18)26-2)10-15(12-21)19(23)22-16-7-5-14(6-8-16)20(24)25/h4-11H,3H2,1-2H3,(H,22,23)(H,24,25)/b15-10+. The second-order valence-corrected chi connectivity index (χ2v) is 5.35. The molecule has 0 saturated heterocycles. The molecule has 0 fully saturated rings. The summed E-state index contributed by atoms with van der Waals surface area (Å²) in [4.78, 5) is 23.2. The van der Waals surface area contributed by atoms with Gasteiger partial charge < -0.3 is 19.9 Å². The minimum absolute atomic E-state index is 0.103. The summed E-state index contributed by atoms with van der Waals surface area (Å²) in [5.41, 5.74) is 0.985. The first-order valence-electron chi connectivity index (χ1n) is 8.05. The summed E-state index contributed by atoms with van der Waals surface area (Å²) < 4.78 is 10.7. The molecule has 0 aliphatic heterocycles. The maximum Gasteiger partial charge on any atom is 0.335 e. The maximum absolute atomic E-state index is 12.3. The molecule has 0 aliphatic carbocycles. The topological polar surface area (TPSA) is 109 Å². The number of hydrogen-bond donors (Lipinski definition) is 2. The number of nitrogens with one attached hydrogen (secondary N) is 1. The number of hydrogen-bond acceptors (Lipinski definition) is 5. The second kappa shape index (κ2) is 9.06. The van der Waals surface area contributed by atoms with E-state index in [1.54, 1.807) is 18.2 Å². The Morgan fingerprint density at radius 2 is 1.89 bits per heavy atom. The Bertz CT molecular complexity index is 911. The highest BCUT2D eigenvalue weighted by Gasteiger charge is 2.12. The van der Waals surface area contributed by atoms with E-state index in [1.807, 2.05) is 13.0 Å². The molecule has 7 nitrogen and oxygen atoms in total. The smallest absolute Gasteiger partial charge is 0.335 e. The zero-order valence-electron chi connectivity index (χ0n) is 14.9. The van der Waals surface area contributed by atoms with Crippen LogP contribution in [-0.2, 0) is 4.79 Å². The van der Waals surface area contributed by atoms with Crippen LogP contribution in [0, 0.1) is 11.3 Å². The average molecular weight is 366 g/mol. The monoisotopic (exact) mass is 366 g/mol. The van der Waals surface area contributed by atoms with Crippen LogP contribution in [0.1, 0.15) is 22.8 Å². The van der Waals surface area contributed by atoms with Crippen molar-refractivity contribution < 1.29 is 24.2 Å². The van der Waals surface area contributed by atoms with Crippen molar-refractivity contribution in [2.24, 2.45) is 0 Å². The van der Waals surface area contributed by atoms with E-state index in [0.29, 0.717) is 29.4 Å². The number of aromatic carboxylic acids is 1. The van der Waals surface area contributed by atoms with Crippen molar-refractivity contribution in [3.63, 3.8) is 0 Å². The predicted octanol–water partition coefficient (Wildman–Crippen LogP) is 3.34. The van der Waals surface area contributed by atoms with Crippen LogP contribution in [0.3, 0.4) is 0 Å². The van der Waals surface area contributed by atoms with Gasteiger partial charge in [-0.25, -0.2) is 4.79 Å². The molecule has 7 heteroatoms. The largest absolute Gasteiger partial charge is 0.493 e. The Morgan fingerprint density at radius 3 is 2.44 bits per heavy atom. The summed E-state index contributed by atoms with van der Waals surface area (Å²) in [6, 6.07) is 12.6. The number of anilines is 1. The molecular formula is C20H18N2O5. The Labute approximate surface area is 156 Å². The lowest BCUT2D eigenvalue weighted by Crippen LogP contribution is -2.13. The number of amides is 1. The molecule has 2 N–H and O–H groups in total. The van der Waals surface area contributed by atoms with Crippen molar-refractivity contribution in [2.75, 3.05) is 19.0 Å². The van der Waals surface area contributed by atoms with Gasteiger partial charge in [0.15, 0.2) is 11.5 Å². The van der Waals surface area contributed by atoms with E-state index in [0.717, 1.165) is 0 Å². The number of methoxy groups -OCH3 is 1. The van der Waals surface area contributed by atoms with Gasteiger partial charge in [-0.3, -0.25) is 4.79 Å². The fourth-order valence-corrected chi connectivity index (χ4v) is 2.26. The molecule has 0 bridgehead atoms. The maximum atomic E-state index is 12.3. The molecule has 0 radical (unpaired) electrons. The van der Waals surface area contributed by atoms with E-state index >= 15 is 0 Å². The van der Waals surface area contributed by atoms with Crippen LogP contribution in [-0.4, -0.2) is 30.7 Å². The van der Waals surface area contributed by atoms with Gasteiger partial charge in [-0.05, 0) is 55.0 Å². The van der Waals surface area contributed by atoms with Crippen LogP contribution >= 0.6 is 0 Å². The number of rotatable bonds is 7. The van der Waals surface area contributed by atoms with Crippen molar-refractivity contribution in [1.29, 1.82) is 5.26 Å². The number of ether oxygens (including phenoxy) is 2. The van der Waals surface area contributed by atoms with Crippen molar-refractivity contribution in [1.82, 2.24) is 0 Å². The third kappa shape index (κ3) is 5.09. The number of carbonyl (C=O) groups is 2. The molecule has 2 rings (SSSR count). The summed E-state index contributed by atoms with van der Waals surface area (Å²) in [5, 5.41) is 20.8. The number of carboxylic acid groups (broad SMARTS) is 1. The molecule has 2 aromatic rings. The van der Waals surface area contributed by atoms with Gasteiger partial charge in [-0.1, -0.05) is 6.07 Å². The van der Waals surface area contributed by atoms with Crippen LogP contribution in [0.4, 0.5) is 5.69 Å². The molecule has 0 heterocycles. The Hall–Kier alpha value is -3.79. The van der Waals surface area contributed by atoms with Crippen molar-refractivity contribution >= 4 is 23.6 Å². The molecule has 0 saturated carbocycles. The lowest BCUT2D eigenvalue weighted by molar-refractivity contribution is -0.112. The second-order valence-electron chi connectivity index (χ2n) is 5.35. The highest BCUT2D eigenvalue weighted by atomic mass is 16.5. The van der Waals surface area contributed by atoms with Gasteiger partial charge in [0.25, 0.3) is 5.91 Å². The van der Waals surface area contributed by atoms with Crippen LogP contribution in [0.15, 0.2) is 48.0 Å². The summed E-state index contributed by atoms with van der Waals surface area (Å²) in [7, 11) is 1.52. The SMILES string of the molecule is CCOc1cc(/C=C(\C#N)C(=O)Nc2ccc(C(=O)O)cc2)ccc1OC. The summed E-state index contributed by atoms with van der Waals surface area (Å²) in [6.07, 6.45) is 1.43. The van der Waals surface area contributed by atoms with Crippen LogP contribution in [0.5, 0.6) is 11.5 Å². The van der Waals surface area contributed by atoms with Crippen molar-refractivity contribution in [3.8, 4) is 17.6 Å². The van der Waals surface area contributed by atoms with Gasteiger partial charge >= 0.3 is 5.97 Å². The Morgan fingerprint density at radius 1 is 1.19 bits per heavy atom. The Kier molecular flexibility index (Phi) is 6.55. The first-order valence-corrected chi connectivity index (χ1v) is 8.05. The fourth-order valence-electron chi connectivity index (χ4n) is 2.26. The molecule has 27 heavy (non-hydrogen) atoms. The number of nitrogens with zero attached hydrogens (tertiary/aromatic N) is 1. The lowest BCUT2D eigenvalue weighted by Gasteiger charge is -2.10. The van der Waals surface area contributed by atoms with Crippen molar-refractivity contribution in [2.45, 2.75) is 6.92 Å². The van der Waals surface area contributed by atoms with E-state index in [-0.39, 0.29) is 11.1 Å².